The molecule has 1 aromatic rings. The van der Waals surface area contributed by atoms with Gasteiger partial charge in [-0.2, -0.15) is 0 Å². The standard InChI is InChI=1S/C10H11FN2O3S/c11-7-2-1-6(5-9(7)17(12,15)16)8-3-4-10(14)13-8/h1-2,5,8H,3-4H2,(H,13,14)(H2,12,15,16). The molecule has 1 atom stereocenters. The van der Waals surface area contributed by atoms with E-state index in [1.54, 1.807) is 0 Å². The lowest BCUT2D eigenvalue weighted by Crippen LogP contribution is -2.19. The Kier molecular flexibility index (Phi) is 2.88. The zero-order valence-corrected chi connectivity index (χ0v) is 9.63. The van der Waals surface area contributed by atoms with Gasteiger partial charge in [-0.3, -0.25) is 4.79 Å². The van der Waals surface area contributed by atoms with Crippen molar-refractivity contribution in [3.05, 3.63) is 29.6 Å². The largest absolute Gasteiger partial charge is 0.349 e. The van der Waals surface area contributed by atoms with Crippen LogP contribution in [-0.4, -0.2) is 14.3 Å². The molecule has 5 nitrogen and oxygen atoms in total. The van der Waals surface area contributed by atoms with E-state index in [9.17, 15) is 17.6 Å². The maximum atomic E-state index is 13.3. The highest BCUT2D eigenvalue weighted by Gasteiger charge is 2.24. The molecular formula is C10H11FN2O3S. The lowest BCUT2D eigenvalue weighted by molar-refractivity contribution is -0.119. The van der Waals surface area contributed by atoms with Gasteiger partial charge in [0.1, 0.15) is 10.7 Å². The second-order valence-electron chi connectivity index (χ2n) is 3.89. The van der Waals surface area contributed by atoms with Gasteiger partial charge in [0.2, 0.25) is 15.9 Å². The Balaban J connectivity index is 2.41. The van der Waals surface area contributed by atoms with Crippen LogP contribution in [0, 0.1) is 5.82 Å². The first-order valence-electron chi connectivity index (χ1n) is 4.99. The third-order valence-corrected chi connectivity index (χ3v) is 3.59. The molecule has 0 spiro atoms. The van der Waals surface area contributed by atoms with Crippen LogP contribution >= 0.6 is 0 Å². The number of amides is 1. The minimum absolute atomic E-state index is 0.100. The molecule has 2 rings (SSSR count). The molecule has 17 heavy (non-hydrogen) atoms. The van der Waals surface area contributed by atoms with E-state index in [2.05, 4.69) is 5.32 Å². The van der Waals surface area contributed by atoms with Gasteiger partial charge in [-0.1, -0.05) is 6.07 Å². The maximum Gasteiger partial charge on any atom is 0.240 e. The van der Waals surface area contributed by atoms with Crippen LogP contribution in [0.2, 0.25) is 0 Å². The summed E-state index contributed by atoms with van der Waals surface area (Å²) >= 11 is 0. The molecule has 1 aliphatic rings. The number of nitrogens with two attached hydrogens (primary N) is 1. The number of hydrogen-bond donors (Lipinski definition) is 2. The molecule has 3 N–H and O–H groups in total. The fraction of sp³-hybridized carbons (Fsp3) is 0.300. The Hall–Kier alpha value is -1.47. The fourth-order valence-electron chi connectivity index (χ4n) is 1.82. The van der Waals surface area contributed by atoms with Crippen LogP contribution in [0.25, 0.3) is 0 Å². The number of benzene rings is 1. The molecule has 0 bridgehead atoms. The molecule has 1 saturated heterocycles. The Morgan fingerprint density at radius 3 is 2.65 bits per heavy atom. The normalized spacial score (nSPS) is 20.4. The topological polar surface area (TPSA) is 89.3 Å². The molecular weight excluding hydrogens is 247 g/mol. The van der Waals surface area contributed by atoms with Gasteiger partial charge in [-0.25, -0.2) is 17.9 Å². The second-order valence-corrected chi connectivity index (χ2v) is 5.42. The van der Waals surface area contributed by atoms with Crippen molar-refractivity contribution in [3.8, 4) is 0 Å². The van der Waals surface area contributed by atoms with Gasteiger partial charge in [-0.05, 0) is 24.1 Å². The number of carbonyl (C=O) groups is 1. The summed E-state index contributed by atoms with van der Waals surface area (Å²) in [6.45, 7) is 0. The van der Waals surface area contributed by atoms with Crippen LogP contribution in [0.3, 0.4) is 0 Å². The summed E-state index contributed by atoms with van der Waals surface area (Å²) < 4.78 is 35.6. The number of sulfonamides is 1. The molecule has 0 saturated carbocycles. The predicted octanol–water partition coefficient (Wildman–Crippen LogP) is 0.424. The number of rotatable bonds is 2. The summed E-state index contributed by atoms with van der Waals surface area (Å²) in [7, 11) is -4.09. The first-order valence-corrected chi connectivity index (χ1v) is 6.54. The number of hydrogen-bond acceptors (Lipinski definition) is 3. The van der Waals surface area contributed by atoms with Crippen LogP contribution < -0.4 is 10.5 Å². The molecule has 1 fully saturated rings. The predicted molar refractivity (Wildman–Crippen MR) is 57.9 cm³/mol. The monoisotopic (exact) mass is 258 g/mol. The molecule has 0 radical (unpaired) electrons. The van der Waals surface area contributed by atoms with E-state index in [0.29, 0.717) is 18.4 Å². The van der Waals surface area contributed by atoms with Crippen molar-refractivity contribution in [2.45, 2.75) is 23.8 Å². The first-order chi connectivity index (χ1) is 7.88. The lowest BCUT2D eigenvalue weighted by Gasteiger charge is -2.11. The molecule has 1 aliphatic heterocycles. The molecule has 0 aromatic heterocycles. The Bertz CT molecular complexity index is 571. The quantitative estimate of drug-likeness (QED) is 0.805. The molecule has 1 aromatic carbocycles. The van der Waals surface area contributed by atoms with Crippen LogP contribution in [0.4, 0.5) is 4.39 Å². The summed E-state index contributed by atoms with van der Waals surface area (Å²) in [6.07, 6.45) is 0.946. The van der Waals surface area contributed by atoms with Crippen molar-refractivity contribution in [2.24, 2.45) is 5.14 Å². The average molecular weight is 258 g/mol. The highest BCUT2D eigenvalue weighted by molar-refractivity contribution is 7.89. The number of carbonyl (C=O) groups excluding carboxylic acids is 1. The van der Waals surface area contributed by atoms with Crippen LogP contribution in [0.5, 0.6) is 0 Å². The summed E-state index contributed by atoms with van der Waals surface area (Å²) in [4.78, 5) is 10.5. The maximum absolute atomic E-state index is 13.3. The first kappa shape index (κ1) is 12.0. The van der Waals surface area contributed by atoms with Gasteiger partial charge in [0.25, 0.3) is 0 Å². The third kappa shape index (κ3) is 2.45. The number of primary sulfonamides is 1. The minimum Gasteiger partial charge on any atom is -0.349 e. The summed E-state index contributed by atoms with van der Waals surface area (Å²) in [5.41, 5.74) is 0.543. The zero-order chi connectivity index (χ0) is 12.6. The third-order valence-electron chi connectivity index (χ3n) is 2.66. The summed E-state index contributed by atoms with van der Waals surface area (Å²) in [5.74, 6) is -0.989. The van der Waals surface area contributed by atoms with Crippen molar-refractivity contribution < 1.29 is 17.6 Å². The Morgan fingerprint density at radius 1 is 1.41 bits per heavy atom. The lowest BCUT2D eigenvalue weighted by atomic mass is 10.1. The highest BCUT2D eigenvalue weighted by Crippen LogP contribution is 2.26. The summed E-state index contributed by atoms with van der Waals surface area (Å²) in [5, 5.41) is 7.57. The molecule has 1 amide bonds. The van der Waals surface area contributed by atoms with E-state index in [4.69, 9.17) is 5.14 Å². The SMILES string of the molecule is NS(=O)(=O)c1cc(C2CCC(=O)N2)ccc1F. The molecule has 7 heteroatoms. The molecule has 0 aliphatic carbocycles. The van der Waals surface area contributed by atoms with Crippen molar-refractivity contribution in [2.75, 3.05) is 0 Å². The van der Waals surface area contributed by atoms with E-state index in [-0.39, 0.29) is 11.9 Å². The van der Waals surface area contributed by atoms with Gasteiger partial charge in [-0.15, -0.1) is 0 Å². The van der Waals surface area contributed by atoms with Crippen LogP contribution in [-0.2, 0) is 14.8 Å². The number of halogens is 1. The van der Waals surface area contributed by atoms with Gasteiger partial charge in [0, 0.05) is 6.42 Å². The molecule has 1 heterocycles. The molecule has 1 unspecified atom stereocenters. The van der Waals surface area contributed by atoms with Crippen LogP contribution in [0.15, 0.2) is 23.1 Å². The smallest absolute Gasteiger partial charge is 0.240 e. The number of nitrogens with one attached hydrogen (secondary N) is 1. The molecule has 92 valence electrons. The van der Waals surface area contributed by atoms with Gasteiger partial charge < -0.3 is 5.32 Å². The van der Waals surface area contributed by atoms with Crippen molar-refractivity contribution >= 4 is 15.9 Å². The van der Waals surface area contributed by atoms with Crippen LogP contribution in [0.1, 0.15) is 24.4 Å². The Morgan fingerprint density at radius 2 is 2.12 bits per heavy atom. The van der Waals surface area contributed by atoms with Crippen molar-refractivity contribution in [1.82, 2.24) is 5.32 Å². The van der Waals surface area contributed by atoms with E-state index < -0.39 is 20.7 Å². The average Bonchev–Trinajstić information content (AvgIpc) is 2.64. The fourth-order valence-corrected chi connectivity index (χ4v) is 2.46. The Labute approximate surface area is 97.9 Å². The highest BCUT2D eigenvalue weighted by atomic mass is 32.2. The summed E-state index contributed by atoms with van der Waals surface area (Å²) in [6, 6.07) is 3.38. The van der Waals surface area contributed by atoms with E-state index in [0.717, 1.165) is 6.07 Å². The second kappa shape index (κ2) is 4.08. The van der Waals surface area contributed by atoms with Gasteiger partial charge >= 0.3 is 0 Å². The van der Waals surface area contributed by atoms with Gasteiger partial charge in [0.05, 0.1) is 6.04 Å². The van der Waals surface area contributed by atoms with Crippen molar-refractivity contribution in [1.29, 1.82) is 0 Å². The van der Waals surface area contributed by atoms with Gasteiger partial charge in [0.15, 0.2) is 0 Å². The zero-order valence-electron chi connectivity index (χ0n) is 8.81. The van der Waals surface area contributed by atoms with E-state index in [1.807, 2.05) is 0 Å². The van der Waals surface area contributed by atoms with Crippen molar-refractivity contribution in [3.63, 3.8) is 0 Å². The van der Waals surface area contributed by atoms with E-state index >= 15 is 0 Å². The van der Waals surface area contributed by atoms with E-state index in [1.165, 1.54) is 12.1 Å². The minimum atomic E-state index is -4.09.